The number of piperidine rings is 1. The molecule has 0 unspecified atom stereocenters. The van der Waals surface area contributed by atoms with E-state index in [1.54, 1.807) is 6.07 Å². The van der Waals surface area contributed by atoms with Gasteiger partial charge in [-0.3, -0.25) is 9.69 Å². The molecule has 3 rings (SSSR count). The van der Waals surface area contributed by atoms with E-state index in [1.807, 2.05) is 17.0 Å². The van der Waals surface area contributed by atoms with Crippen molar-refractivity contribution < 1.29 is 13.9 Å². The van der Waals surface area contributed by atoms with Gasteiger partial charge in [0.2, 0.25) is 5.91 Å². The number of morpholine rings is 1. The summed E-state index contributed by atoms with van der Waals surface area (Å²) in [4.78, 5) is 16.6. The summed E-state index contributed by atoms with van der Waals surface area (Å²) in [5.41, 5.74) is 0.737. The zero-order valence-electron chi connectivity index (χ0n) is 12.8. The van der Waals surface area contributed by atoms with Crippen LogP contribution in [-0.2, 0) is 16.1 Å². The molecule has 2 aliphatic heterocycles. The Morgan fingerprint density at radius 3 is 2.50 bits per heavy atom. The Labute approximate surface area is 130 Å². The van der Waals surface area contributed by atoms with Crippen molar-refractivity contribution in [3.63, 3.8) is 0 Å². The minimum atomic E-state index is -0.144. The molecule has 120 valence electrons. The second kappa shape index (κ2) is 7.20. The van der Waals surface area contributed by atoms with Gasteiger partial charge in [-0.25, -0.2) is 4.39 Å². The number of likely N-dealkylation sites (tertiary alicyclic amines) is 1. The molecule has 5 heteroatoms. The molecule has 0 aliphatic carbocycles. The molecule has 0 radical (unpaired) electrons. The maximum atomic E-state index is 13.7. The Bertz CT molecular complexity index is 509. The Kier molecular flexibility index (Phi) is 5.05. The molecule has 0 atom stereocenters. The highest BCUT2D eigenvalue weighted by Crippen LogP contribution is 2.22. The van der Waals surface area contributed by atoms with Gasteiger partial charge in [-0.15, -0.1) is 0 Å². The molecule has 1 aromatic rings. The first-order valence-corrected chi connectivity index (χ1v) is 8.06. The molecular weight excluding hydrogens is 283 g/mol. The third-order valence-corrected chi connectivity index (χ3v) is 4.61. The monoisotopic (exact) mass is 306 g/mol. The number of amides is 1. The largest absolute Gasteiger partial charge is 0.378 e. The molecule has 2 aliphatic rings. The van der Waals surface area contributed by atoms with Crippen molar-refractivity contribution >= 4 is 5.91 Å². The van der Waals surface area contributed by atoms with Crippen LogP contribution in [0.25, 0.3) is 0 Å². The van der Waals surface area contributed by atoms with Crippen molar-refractivity contribution in [2.45, 2.75) is 19.4 Å². The van der Waals surface area contributed by atoms with Crippen LogP contribution in [0, 0.1) is 11.7 Å². The first-order valence-electron chi connectivity index (χ1n) is 8.06. The minimum absolute atomic E-state index is 0.120. The van der Waals surface area contributed by atoms with Gasteiger partial charge < -0.3 is 9.64 Å². The van der Waals surface area contributed by atoms with E-state index < -0.39 is 0 Å². The molecule has 0 N–H and O–H groups in total. The minimum Gasteiger partial charge on any atom is -0.378 e. The third-order valence-electron chi connectivity index (χ3n) is 4.61. The summed E-state index contributed by atoms with van der Waals surface area (Å²) in [7, 11) is 0. The number of ether oxygens (including phenoxy) is 1. The van der Waals surface area contributed by atoms with Crippen LogP contribution in [0.2, 0.25) is 0 Å². The predicted molar refractivity (Wildman–Crippen MR) is 81.8 cm³/mol. The van der Waals surface area contributed by atoms with Gasteiger partial charge in [0.25, 0.3) is 0 Å². The summed E-state index contributed by atoms with van der Waals surface area (Å²) in [5.74, 6) is 0.248. The van der Waals surface area contributed by atoms with Crippen LogP contribution in [-0.4, -0.2) is 55.1 Å². The fourth-order valence-electron chi connectivity index (χ4n) is 3.25. The Morgan fingerprint density at radius 2 is 1.82 bits per heavy atom. The molecule has 2 saturated heterocycles. The van der Waals surface area contributed by atoms with Gasteiger partial charge in [0, 0.05) is 31.1 Å². The standard InChI is InChI=1S/C17H23FN2O2/c18-16-4-2-1-3-15(16)13-19-7-5-14(6-8-19)17(21)20-9-11-22-12-10-20/h1-4,14H,5-13H2. The van der Waals surface area contributed by atoms with E-state index in [1.165, 1.54) is 6.07 Å². The molecule has 2 fully saturated rings. The fraction of sp³-hybridized carbons (Fsp3) is 0.588. The second-order valence-electron chi connectivity index (χ2n) is 6.08. The Balaban J connectivity index is 1.50. The molecule has 2 heterocycles. The number of benzene rings is 1. The lowest BCUT2D eigenvalue weighted by Gasteiger charge is -2.35. The zero-order chi connectivity index (χ0) is 15.4. The summed E-state index contributed by atoms with van der Waals surface area (Å²) in [6, 6.07) is 6.92. The summed E-state index contributed by atoms with van der Waals surface area (Å²) < 4.78 is 19.0. The summed E-state index contributed by atoms with van der Waals surface area (Å²) in [6.45, 7) is 5.08. The highest BCUT2D eigenvalue weighted by molar-refractivity contribution is 5.79. The van der Waals surface area contributed by atoms with E-state index in [-0.39, 0.29) is 17.6 Å². The summed E-state index contributed by atoms with van der Waals surface area (Å²) in [5, 5.41) is 0. The van der Waals surface area contributed by atoms with Gasteiger partial charge in [-0.05, 0) is 32.0 Å². The molecule has 4 nitrogen and oxygen atoms in total. The van der Waals surface area contributed by atoms with Crippen molar-refractivity contribution in [2.24, 2.45) is 5.92 Å². The zero-order valence-corrected chi connectivity index (χ0v) is 12.8. The number of halogens is 1. The van der Waals surface area contributed by atoms with Gasteiger partial charge in [0.1, 0.15) is 5.82 Å². The maximum Gasteiger partial charge on any atom is 0.225 e. The number of carbonyl (C=O) groups is 1. The van der Waals surface area contributed by atoms with Gasteiger partial charge >= 0.3 is 0 Å². The molecule has 22 heavy (non-hydrogen) atoms. The number of hydrogen-bond acceptors (Lipinski definition) is 3. The molecule has 0 aromatic heterocycles. The van der Waals surface area contributed by atoms with Crippen molar-refractivity contribution in [1.29, 1.82) is 0 Å². The highest BCUT2D eigenvalue weighted by atomic mass is 19.1. The van der Waals surface area contributed by atoms with Crippen LogP contribution >= 0.6 is 0 Å². The number of carbonyl (C=O) groups excluding carboxylic acids is 1. The van der Waals surface area contributed by atoms with Crippen molar-refractivity contribution in [2.75, 3.05) is 39.4 Å². The predicted octanol–water partition coefficient (Wildman–Crippen LogP) is 1.90. The lowest BCUT2D eigenvalue weighted by molar-refractivity contribution is -0.141. The van der Waals surface area contributed by atoms with E-state index in [0.717, 1.165) is 31.5 Å². The molecular formula is C17H23FN2O2. The first-order chi connectivity index (χ1) is 10.7. The third kappa shape index (κ3) is 3.65. The molecule has 0 saturated carbocycles. The molecule has 0 spiro atoms. The topological polar surface area (TPSA) is 32.8 Å². The number of rotatable bonds is 3. The quantitative estimate of drug-likeness (QED) is 0.855. The lowest BCUT2D eigenvalue weighted by Crippen LogP contribution is -2.46. The number of hydrogen-bond donors (Lipinski definition) is 0. The maximum absolute atomic E-state index is 13.7. The van der Waals surface area contributed by atoms with Crippen LogP contribution in [0.1, 0.15) is 18.4 Å². The Morgan fingerprint density at radius 1 is 1.14 bits per heavy atom. The van der Waals surface area contributed by atoms with Gasteiger partial charge in [0.15, 0.2) is 0 Å². The van der Waals surface area contributed by atoms with Crippen molar-refractivity contribution in [3.05, 3.63) is 35.6 Å². The lowest BCUT2D eigenvalue weighted by atomic mass is 9.94. The van der Waals surface area contributed by atoms with Crippen LogP contribution in [0.3, 0.4) is 0 Å². The first kappa shape index (κ1) is 15.4. The number of nitrogens with zero attached hydrogens (tertiary/aromatic N) is 2. The molecule has 0 bridgehead atoms. The van der Waals surface area contributed by atoms with Crippen LogP contribution in [0.5, 0.6) is 0 Å². The van der Waals surface area contributed by atoms with Crippen LogP contribution < -0.4 is 0 Å². The van der Waals surface area contributed by atoms with E-state index in [2.05, 4.69) is 4.90 Å². The highest BCUT2D eigenvalue weighted by Gasteiger charge is 2.29. The summed E-state index contributed by atoms with van der Waals surface area (Å²) >= 11 is 0. The van der Waals surface area contributed by atoms with Crippen molar-refractivity contribution in [1.82, 2.24) is 9.80 Å². The van der Waals surface area contributed by atoms with E-state index in [0.29, 0.717) is 32.8 Å². The summed E-state index contributed by atoms with van der Waals surface area (Å²) in [6.07, 6.45) is 1.73. The Hall–Kier alpha value is -1.46. The van der Waals surface area contributed by atoms with E-state index in [4.69, 9.17) is 4.74 Å². The second-order valence-corrected chi connectivity index (χ2v) is 6.08. The molecule has 1 amide bonds. The van der Waals surface area contributed by atoms with Gasteiger partial charge in [-0.2, -0.15) is 0 Å². The van der Waals surface area contributed by atoms with Crippen molar-refractivity contribution in [3.8, 4) is 0 Å². The molecule has 1 aromatic carbocycles. The average Bonchev–Trinajstić information content (AvgIpc) is 2.58. The fourth-order valence-corrected chi connectivity index (χ4v) is 3.25. The SMILES string of the molecule is O=C(C1CCN(Cc2ccccc2F)CC1)N1CCOCC1. The van der Waals surface area contributed by atoms with E-state index >= 15 is 0 Å². The van der Waals surface area contributed by atoms with Gasteiger partial charge in [-0.1, -0.05) is 18.2 Å². The van der Waals surface area contributed by atoms with E-state index in [9.17, 15) is 9.18 Å². The smallest absolute Gasteiger partial charge is 0.225 e. The normalized spacial score (nSPS) is 21.0. The van der Waals surface area contributed by atoms with Gasteiger partial charge in [0.05, 0.1) is 13.2 Å². The van der Waals surface area contributed by atoms with Crippen LogP contribution in [0.4, 0.5) is 4.39 Å². The van der Waals surface area contributed by atoms with Crippen LogP contribution in [0.15, 0.2) is 24.3 Å². The average molecular weight is 306 g/mol.